The van der Waals surface area contributed by atoms with Crippen LogP contribution in [0, 0.1) is 0 Å². The van der Waals surface area contributed by atoms with Crippen LogP contribution in [0.2, 0.25) is 0 Å². The van der Waals surface area contributed by atoms with Crippen LogP contribution in [0.15, 0.2) is 61.0 Å². The molecule has 2 atom stereocenters. The Morgan fingerprint density at radius 3 is 2.73 bits per heavy atom. The molecule has 0 saturated carbocycles. The highest BCUT2D eigenvalue weighted by molar-refractivity contribution is 7.10. The Morgan fingerprint density at radius 2 is 2.03 bits per heavy atom. The zero-order valence-electron chi connectivity index (χ0n) is 19.3. The van der Waals surface area contributed by atoms with Gasteiger partial charge in [-0.05, 0) is 60.5 Å². The van der Waals surface area contributed by atoms with Gasteiger partial charge < -0.3 is 19.5 Å². The molecule has 2 aromatic rings. The fourth-order valence-corrected chi connectivity index (χ4v) is 5.02. The van der Waals surface area contributed by atoms with Gasteiger partial charge in [-0.2, -0.15) is 0 Å². The van der Waals surface area contributed by atoms with E-state index in [1.165, 1.54) is 4.88 Å². The van der Waals surface area contributed by atoms with Crippen LogP contribution in [0.5, 0.6) is 11.5 Å². The Morgan fingerprint density at radius 1 is 1.27 bits per heavy atom. The summed E-state index contributed by atoms with van der Waals surface area (Å²) in [6.07, 6.45) is 5.29. The molecule has 1 aliphatic heterocycles. The van der Waals surface area contributed by atoms with Crippen molar-refractivity contribution >= 4 is 17.2 Å². The van der Waals surface area contributed by atoms with Crippen LogP contribution in [0.25, 0.3) is 0 Å². The van der Waals surface area contributed by atoms with Gasteiger partial charge in [-0.15, -0.1) is 24.5 Å². The number of rotatable bonds is 13. The van der Waals surface area contributed by atoms with Crippen molar-refractivity contribution in [2.45, 2.75) is 31.4 Å². The number of amides is 1. The molecule has 33 heavy (non-hydrogen) atoms. The van der Waals surface area contributed by atoms with Gasteiger partial charge >= 0.3 is 0 Å². The number of nitrogens with zero attached hydrogens (tertiary/aromatic N) is 2. The minimum absolute atomic E-state index is 0.0351. The summed E-state index contributed by atoms with van der Waals surface area (Å²) in [4.78, 5) is 18.6. The molecule has 0 aliphatic carbocycles. The van der Waals surface area contributed by atoms with Gasteiger partial charge in [0.25, 0.3) is 0 Å². The van der Waals surface area contributed by atoms with E-state index < -0.39 is 6.10 Å². The van der Waals surface area contributed by atoms with Crippen molar-refractivity contribution in [3.8, 4) is 11.5 Å². The first-order chi connectivity index (χ1) is 16.0. The number of hydrogen-bond donors (Lipinski definition) is 1. The third-order valence-corrected chi connectivity index (χ3v) is 6.80. The van der Waals surface area contributed by atoms with E-state index in [9.17, 15) is 9.90 Å². The fraction of sp³-hybridized carbons (Fsp3) is 0.423. The molecule has 0 saturated heterocycles. The number of methoxy groups -OCH3 is 1. The van der Waals surface area contributed by atoms with Crippen LogP contribution in [-0.4, -0.2) is 66.8 Å². The summed E-state index contributed by atoms with van der Waals surface area (Å²) in [5.74, 6) is 1.55. The summed E-state index contributed by atoms with van der Waals surface area (Å²) in [5.41, 5.74) is 1.16. The molecule has 0 spiro atoms. The molecule has 1 aromatic heterocycles. The largest absolute Gasteiger partial charge is 0.497 e. The molecule has 1 amide bonds. The van der Waals surface area contributed by atoms with Crippen molar-refractivity contribution in [2.24, 2.45) is 0 Å². The number of carbonyl (C=O) groups is 1. The topological polar surface area (TPSA) is 62.2 Å². The Hall–Kier alpha value is -2.61. The fourth-order valence-electron chi connectivity index (χ4n) is 4.09. The quantitative estimate of drug-likeness (QED) is 0.447. The zero-order chi connectivity index (χ0) is 23.6. The summed E-state index contributed by atoms with van der Waals surface area (Å²) in [6, 6.07) is 9.42. The predicted octanol–water partition coefficient (Wildman–Crippen LogP) is 4.08. The number of ether oxygens (including phenoxy) is 2. The van der Waals surface area contributed by atoms with Gasteiger partial charge in [0.1, 0.15) is 18.1 Å². The number of carbonyl (C=O) groups excluding carboxylic acids is 1. The van der Waals surface area contributed by atoms with Crippen LogP contribution < -0.4 is 9.47 Å². The first-order valence-electron chi connectivity index (χ1n) is 11.3. The van der Waals surface area contributed by atoms with Gasteiger partial charge in [-0.25, -0.2) is 0 Å². The SMILES string of the molecule is C=CCC[C@@H](O)CN(CC=C)CC(=O)N1CCc2sccc2[C@H]1COc1ccc(OC)cc1. The van der Waals surface area contributed by atoms with Gasteiger partial charge in [-0.1, -0.05) is 12.2 Å². The molecule has 6 nitrogen and oxygen atoms in total. The first-order valence-corrected chi connectivity index (χ1v) is 12.2. The third kappa shape index (κ3) is 6.93. The van der Waals surface area contributed by atoms with Crippen LogP contribution in [0.4, 0.5) is 0 Å². The molecule has 0 fully saturated rings. The lowest BCUT2D eigenvalue weighted by Gasteiger charge is -2.37. The standard InChI is InChI=1S/C26H34N2O4S/c1-4-6-7-20(29)17-27(14-5-2)18-26(30)28-15-12-25-23(13-16-33-25)24(28)19-32-22-10-8-21(31-3)9-11-22/h4-5,8-11,13,16,20,24,29H,1-2,6-7,12,14-15,17-19H2,3H3/t20-,24-/m1/s1. The lowest BCUT2D eigenvalue weighted by atomic mass is 10.0. The summed E-state index contributed by atoms with van der Waals surface area (Å²) < 4.78 is 11.3. The Balaban J connectivity index is 1.69. The summed E-state index contributed by atoms with van der Waals surface area (Å²) in [6.45, 7) is 9.76. The van der Waals surface area contributed by atoms with Crippen molar-refractivity contribution in [2.75, 3.05) is 39.9 Å². The number of benzene rings is 1. The molecule has 0 unspecified atom stereocenters. The maximum Gasteiger partial charge on any atom is 0.237 e. The average Bonchev–Trinajstić information content (AvgIpc) is 3.30. The normalized spacial score (nSPS) is 16.2. The smallest absolute Gasteiger partial charge is 0.237 e. The molecule has 178 valence electrons. The molecule has 1 N–H and O–H groups in total. The van der Waals surface area contributed by atoms with Crippen LogP contribution in [0.3, 0.4) is 0 Å². The minimum atomic E-state index is -0.505. The summed E-state index contributed by atoms with van der Waals surface area (Å²) in [7, 11) is 1.63. The highest BCUT2D eigenvalue weighted by Gasteiger charge is 2.33. The molecule has 7 heteroatoms. The molecule has 2 heterocycles. The highest BCUT2D eigenvalue weighted by atomic mass is 32.1. The second-order valence-electron chi connectivity index (χ2n) is 8.14. The highest BCUT2D eigenvalue weighted by Crippen LogP contribution is 2.34. The maximum atomic E-state index is 13.4. The van der Waals surface area contributed by atoms with Gasteiger partial charge in [0.2, 0.25) is 5.91 Å². The van der Waals surface area contributed by atoms with Gasteiger partial charge in [0.15, 0.2) is 0 Å². The average molecular weight is 471 g/mol. The molecule has 0 radical (unpaired) electrons. The van der Waals surface area contributed by atoms with E-state index in [-0.39, 0.29) is 18.5 Å². The third-order valence-electron chi connectivity index (χ3n) is 5.80. The van der Waals surface area contributed by atoms with E-state index in [0.29, 0.717) is 32.7 Å². The molecular formula is C26H34N2O4S. The van der Waals surface area contributed by atoms with Gasteiger partial charge in [-0.3, -0.25) is 9.69 Å². The van der Waals surface area contributed by atoms with E-state index in [4.69, 9.17) is 9.47 Å². The number of thiophene rings is 1. The Kier molecular flexibility index (Phi) is 9.54. The zero-order valence-corrected chi connectivity index (χ0v) is 20.1. The van der Waals surface area contributed by atoms with E-state index in [2.05, 4.69) is 24.6 Å². The van der Waals surface area contributed by atoms with E-state index in [1.807, 2.05) is 34.1 Å². The van der Waals surface area contributed by atoms with Gasteiger partial charge in [0, 0.05) is 24.5 Å². The van der Waals surface area contributed by atoms with E-state index in [1.54, 1.807) is 30.6 Å². The second-order valence-corrected chi connectivity index (χ2v) is 9.14. The minimum Gasteiger partial charge on any atom is -0.497 e. The number of hydrogen-bond acceptors (Lipinski definition) is 6. The number of aliphatic hydroxyl groups excluding tert-OH is 1. The van der Waals surface area contributed by atoms with Crippen molar-refractivity contribution in [1.29, 1.82) is 0 Å². The molecule has 1 aromatic carbocycles. The second kappa shape index (κ2) is 12.6. The first kappa shape index (κ1) is 25.0. The molecule has 1 aliphatic rings. The van der Waals surface area contributed by atoms with Gasteiger partial charge in [0.05, 0.1) is 25.8 Å². The maximum absolute atomic E-state index is 13.4. The van der Waals surface area contributed by atoms with Crippen LogP contribution in [0.1, 0.15) is 29.3 Å². The predicted molar refractivity (Wildman–Crippen MR) is 133 cm³/mol. The van der Waals surface area contributed by atoms with Crippen LogP contribution in [-0.2, 0) is 11.2 Å². The summed E-state index contributed by atoms with van der Waals surface area (Å²) in [5, 5.41) is 12.4. The molecule has 0 bridgehead atoms. The molecule has 3 rings (SSSR count). The monoisotopic (exact) mass is 470 g/mol. The molecular weight excluding hydrogens is 436 g/mol. The van der Waals surface area contributed by atoms with Crippen LogP contribution >= 0.6 is 11.3 Å². The lowest BCUT2D eigenvalue weighted by Crippen LogP contribution is -2.47. The van der Waals surface area contributed by atoms with Crippen molar-refractivity contribution in [3.63, 3.8) is 0 Å². The lowest BCUT2D eigenvalue weighted by molar-refractivity contribution is -0.136. The summed E-state index contributed by atoms with van der Waals surface area (Å²) >= 11 is 1.73. The number of fused-ring (bicyclic) bond motifs is 1. The van der Waals surface area contributed by atoms with E-state index in [0.717, 1.165) is 29.9 Å². The number of aliphatic hydroxyl groups is 1. The van der Waals surface area contributed by atoms with Crippen molar-refractivity contribution in [1.82, 2.24) is 9.80 Å². The van der Waals surface area contributed by atoms with Crippen molar-refractivity contribution in [3.05, 3.63) is 71.5 Å². The number of allylic oxidation sites excluding steroid dienone is 1. The Labute approximate surface area is 200 Å². The Bertz CT molecular complexity index is 911. The van der Waals surface area contributed by atoms with Crippen molar-refractivity contribution < 1.29 is 19.4 Å². The van der Waals surface area contributed by atoms with E-state index >= 15 is 0 Å².